The number of hydrogen-bond donors (Lipinski definition) is 2. The van der Waals surface area contributed by atoms with Gasteiger partial charge in [-0.05, 0) is 32.1 Å². The van der Waals surface area contributed by atoms with Gasteiger partial charge in [0.15, 0.2) is 16.1 Å². The number of carbonyl (C=O) groups is 4. The number of carboxylic acid groups (broad SMARTS) is 1. The normalized spacial score (nSPS) is 30.2. The number of ether oxygens (including phenoxy) is 3. The Morgan fingerprint density at radius 3 is 2.86 bits per heavy atom. The number of nitrogens with zero attached hydrogens (tertiary/aromatic N) is 2. The van der Waals surface area contributed by atoms with Crippen molar-refractivity contribution in [2.75, 3.05) is 25.1 Å². The first-order valence-electron chi connectivity index (χ1n) is 11.8. The maximum atomic E-state index is 12.9. The number of aromatic nitrogens is 1. The zero-order valence-corrected chi connectivity index (χ0v) is 20.9. The van der Waals surface area contributed by atoms with E-state index in [1.807, 2.05) is 0 Å². The first-order valence-corrected chi connectivity index (χ1v) is 12.7. The van der Waals surface area contributed by atoms with Crippen LogP contribution in [0.2, 0.25) is 0 Å². The fourth-order valence-corrected chi connectivity index (χ4v) is 5.71. The molecule has 3 aliphatic heterocycles. The van der Waals surface area contributed by atoms with Crippen LogP contribution in [0.1, 0.15) is 58.6 Å². The number of anilines is 1. The minimum Gasteiger partial charge on any atom is -0.465 e. The monoisotopic (exact) mass is 509 g/mol. The van der Waals surface area contributed by atoms with Crippen molar-refractivity contribution in [3.05, 3.63) is 11.1 Å². The van der Waals surface area contributed by atoms with Crippen molar-refractivity contribution in [2.45, 2.75) is 70.6 Å². The van der Waals surface area contributed by atoms with Gasteiger partial charge >= 0.3 is 18.0 Å². The minimum absolute atomic E-state index is 0.0761. The Labute approximate surface area is 207 Å². The molecule has 2 amide bonds. The van der Waals surface area contributed by atoms with Crippen molar-refractivity contribution in [1.29, 1.82) is 0 Å². The number of thiazole rings is 1. The fraction of sp³-hybridized carbons (Fsp3) is 0.696. The molecule has 0 saturated carbocycles. The molecule has 1 aromatic rings. The van der Waals surface area contributed by atoms with E-state index in [9.17, 15) is 24.3 Å². The molecule has 0 bridgehead atoms. The third-order valence-electron chi connectivity index (χ3n) is 6.81. The van der Waals surface area contributed by atoms with E-state index in [-0.39, 0.29) is 24.6 Å². The van der Waals surface area contributed by atoms with Crippen molar-refractivity contribution in [3.63, 3.8) is 0 Å². The van der Waals surface area contributed by atoms with Crippen LogP contribution >= 0.6 is 11.3 Å². The first-order chi connectivity index (χ1) is 16.5. The topological polar surface area (TPSA) is 144 Å². The molecule has 4 unspecified atom stereocenters. The molecule has 3 fully saturated rings. The van der Waals surface area contributed by atoms with Gasteiger partial charge in [-0.15, -0.1) is 11.3 Å². The molecule has 192 valence electrons. The van der Waals surface area contributed by atoms with Gasteiger partial charge in [0.1, 0.15) is 12.1 Å². The summed E-state index contributed by atoms with van der Waals surface area (Å²) in [6.45, 7) is 6.97. The Balaban J connectivity index is 1.40. The molecule has 1 aromatic heterocycles. The van der Waals surface area contributed by atoms with Gasteiger partial charge in [-0.2, -0.15) is 0 Å². The summed E-state index contributed by atoms with van der Waals surface area (Å²) in [5, 5.41) is 13.9. The number of likely N-dealkylation sites (tertiary alicyclic amines) is 1. The number of carbonyl (C=O) groups excluding carboxylic acids is 3. The van der Waals surface area contributed by atoms with Crippen LogP contribution in [-0.2, 0) is 34.2 Å². The van der Waals surface area contributed by atoms with Crippen molar-refractivity contribution in [2.24, 2.45) is 11.3 Å². The molecule has 4 rings (SSSR count). The summed E-state index contributed by atoms with van der Waals surface area (Å²) >= 11 is 1.14. The van der Waals surface area contributed by atoms with Gasteiger partial charge in [0.25, 0.3) is 0 Å². The Morgan fingerprint density at radius 2 is 2.14 bits per heavy atom. The van der Waals surface area contributed by atoms with Crippen LogP contribution in [0.3, 0.4) is 0 Å². The van der Waals surface area contributed by atoms with E-state index < -0.39 is 47.1 Å². The van der Waals surface area contributed by atoms with E-state index in [0.29, 0.717) is 37.6 Å². The van der Waals surface area contributed by atoms with Gasteiger partial charge in [-0.1, -0.05) is 13.8 Å². The predicted molar refractivity (Wildman–Crippen MR) is 124 cm³/mol. The minimum atomic E-state index is -1.40. The second kappa shape index (κ2) is 9.73. The average molecular weight is 510 g/mol. The molecule has 4 atom stereocenters. The summed E-state index contributed by atoms with van der Waals surface area (Å²) in [6, 6.07) is -0.768. The molecule has 0 aliphatic carbocycles. The SMILES string of the molecule is CC(C)CCOCC1CC2(CC(C)(c3csc(NC(=O)C4CCCN4C(=O)O)n3)OC2=O)C(=O)O1. The molecule has 0 aromatic carbocycles. The lowest BCUT2D eigenvalue weighted by Gasteiger charge is -2.21. The molecule has 11 nitrogen and oxygen atoms in total. The van der Waals surface area contributed by atoms with Crippen molar-refractivity contribution >= 4 is 40.4 Å². The van der Waals surface area contributed by atoms with Crippen LogP contribution in [-0.4, -0.2) is 70.8 Å². The van der Waals surface area contributed by atoms with E-state index in [2.05, 4.69) is 24.1 Å². The molecule has 2 N–H and O–H groups in total. The smallest absolute Gasteiger partial charge is 0.407 e. The van der Waals surface area contributed by atoms with Crippen LogP contribution in [0.5, 0.6) is 0 Å². The number of nitrogens with one attached hydrogen (secondary N) is 1. The summed E-state index contributed by atoms with van der Waals surface area (Å²) in [4.78, 5) is 55.1. The molecule has 1 spiro atoms. The lowest BCUT2D eigenvalue weighted by Crippen LogP contribution is -2.42. The summed E-state index contributed by atoms with van der Waals surface area (Å²) < 4.78 is 16.8. The van der Waals surface area contributed by atoms with Crippen molar-refractivity contribution < 1.29 is 38.5 Å². The second-order valence-corrected chi connectivity index (χ2v) is 10.9. The number of esters is 2. The van der Waals surface area contributed by atoms with E-state index in [1.165, 1.54) is 0 Å². The molecule has 35 heavy (non-hydrogen) atoms. The Morgan fingerprint density at radius 1 is 1.37 bits per heavy atom. The third-order valence-corrected chi connectivity index (χ3v) is 7.57. The Kier molecular flexibility index (Phi) is 7.05. The predicted octanol–water partition coefficient (Wildman–Crippen LogP) is 2.75. The van der Waals surface area contributed by atoms with Gasteiger partial charge in [0, 0.05) is 31.4 Å². The van der Waals surface area contributed by atoms with Crippen molar-refractivity contribution in [1.82, 2.24) is 9.88 Å². The fourth-order valence-electron chi connectivity index (χ4n) is 4.88. The summed E-state index contributed by atoms with van der Waals surface area (Å²) in [7, 11) is 0. The number of amides is 2. The maximum absolute atomic E-state index is 12.9. The lowest BCUT2D eigenvalue weighted by molar-refractivity contribution is -0.160. The number of cyclic esters (lactones) is 2. The summed E-state index contributed by atoms with van der Waals surface area (Å²) in [5.41, 5.74) is -2.16. The zero-order chi connectivity index (χ0) is 25.4. The van der Waals surface area contributed by atoms with Crippen LogP contribution in [0.4, 0.5) is 9.93 Å². The highest BCUT2D eigenvalue weighted by atomic mass is 32.1. The third kappa shape index (κ3) is 4.99. The Hall–Kier alpha value is -2.73. The van der Waals surface area contributed by atoms with E-state index in [4.69, 9.17) is 14.2 Å². The highest BCUT2D eigenvalue weighted by Crippen LogP contribution is 2.52. The summed E-state index contributed by atoms with van der Waals surface area (Å²) in [5.74, 6) is -1.20. The standard InChI is InChI=1S/C23H31N3O8S/c1-13(2)6-8-32-10-14-9-23(18(28)33-14)12-22(3,34-19(23)29)16-11-35-20(24-16)25-17(27)15-5-4-7-26(15)21(30)31/h11,13-15H,4-10,12H2,1-3H3,(H,30,31)(H,24,25,27). The molecule has 3 aliphatic rings. The van der Waals surface area contributed by atoms with E-state index >= 15 is 0 Å². The van der Waals surface area contributed by atoms with E-state index in [1.54, 1.807) is 12.3 Å². The second-order valence-electron chi connectivity index (χ2n) is 10.0. The van der Waals surface area contributed by atoms with E-state index in [0.717, 1.165) is 22.7 Å². The van der Waals surface area contributed by atoms with Gasteiger partial charge < -0.3 is 24.6 Å². The first kappa shape index (κ1) is 25.4. The molecular formula is C23H31N3O8S. The Bertz CT molecular complexity index is 1010. The lowest BCUT2D eigenvalue weighted by atomic mass is 9.78. The van der Waals surface area contributed by atoms with Gasteiger partial charge in [-0.3, -0.25) is 19.3 Å². The molecule has 12 heteroatoms. The highest BCUT2D eigenvalue weighted by Gasteiger charge is 2.65. The van der Waals surface area contributed by atoms with Gasteiger partial charge in [-0.25, -0.2) is 9.78 Å². The average Bonchev–Trinajstić information content (AvgIpc) is 3.54. The summed E-state index contributed by atoms with van der Waals surface area (Å²) in [6.07, 6.45) is 0.560. The largest absolute Gasteiger partial charge is 0.465 e. The molecule has 3 saturated heterocycles. The number of hydrogen-bond acceptors (Lipinski definition) is 9. The van der Waals surface area contributed by atoms with Crippen LogP contribution in [0, 0.1) is 11.3 Å². The van der Waals surface area contributed by atoms with Crippen LogP contribution < -0.4 is 5.32 Å². The van der Waals surface area contributed by atoms with Crippen molar-refractivity contribution in [3.8, 4) is 0 Å². The molecule has 4 heterocycles. The van der Waals surface area contributed by atoms with Crippen LogP contribution in [0.15, 0.2) is 5.38 Å². The molecular weight excluding hydrogens is 478 g/mol. The zero-order valence-electron chi connectivity index (χ0n) is 20.1. The van der Waals surface area contributed by atoms with Gasteiger partial charge in [0.2, 0.25) is 5.91 Å². The quantitative estimate of drug-likeness (QED) is 0.307. The van der Waals surface area contributed by atoms with Gasteiger partial charge in [0.05, 0.1) is 12.3 Å². The maximum Gasteiger partial charge on any atom is 0.407 e. The number of rotatable bonds is 8. The van der Waals surface area contributed by atoms with Crippen LogP contribution in [0.25, 0.3) is 0 Å². The highest BCUT2D eigenvalue weighted by molar-refractivity contribution is 7.14. The molecule has 0 radical (unpaired) electrons.